The van der Waals surface area contributed by atoms with Crippen LogP contribution in [0.15, 0.2) is 0 Å². The van der Waals surface area contributed by atoms with Crippen molar-refractivity contribution in [3.63, 3.8) is 0 Å². The summed E-state index contributed by atoms with van der Waals surface area (Å²) >= 11 is 0. The molecule has 2 saturated carbocycles. The van der Waals surface area contributed by atoms with Crippen LogP contribution >= 0.6 is 0 Å². The first kappa shape index (κ1) is 13.7. The summed E-state index contributed by atoms with van der Waals surface area (Å²) in [5, 5.41) is 15.7. The fourth-order valence-electron chi connectivity index (χ4n) is 3.17. The molecule has 0 heterocycles. The van der Waals surface area contributed by atoms with Gasteiger partial charge < -0.3 is 15.7 Å². The van der Waals surface area contributed by atoms with Gasteiger partial charge in [-0.25, -0.2) is 4.79 Å². The van der Waals surface area contributed by atoms with Crippen molar-refractivity contribution < 1.29 is 9.90 Å². The second kappa shape index (κ2) is 5.91. The average Bonchev–Trinajstić information content (AvgIpc) is 2.85. The van der Waals surface area contributed by atoms with Gasteiger partial charge in [0.15, 0.2) is 0 Å². The molecule has 0 radical (unpaired) electrons. The van der Waals surface area contributed by atoms with Gasteiger partial charge in [-0.05, 0) is 44.4 Å². The van der Waals surface area contributed by atoms with Gasteiger partial charge in [-0.15, -0.1) is 0 Å². The number of hydrogen-bond donors (Lipinski definition) is 3. The Hall–Kier alpha value is -0.770. The van der Waals surface area contributed by atoms with Crippen LogP contribution in [-0.2, 0) is 0 Å². The van der Waals surface area contributed by atoms with Gasteiger partial charge >= 0.3 is 6.03 Å². The molecule has 0 aromatic carbocycles. The number of carbonyl (C=O) groups excluding carboxylic acids is 1. The quantitative estimate of drug-likeness (QED) is 0.723. The molecule has 0 aliphatic heterocycles. The minimum atomic E-state index is -0.380. The molecule has 2 fully saturated rings. The van der Waals surface area contributed by atoms with E-state index in [4.69, 9.17) is 0 Å². The largest absolute Gasteiger partial charge is 0.394 e. The number of carbonyl (C=O) groups is 1. The smallest absolute Gasteiger partial charge is 0.315 e. The lowest BCUT2D eigenvalue weighted by atomic mass is 9.77. The van der Waals surface area contributed by atoms with Gasteiger partial charge in [0, 0.05) is 6.04 Å². The van der Waals surface area contributed by atoms with Gasteiger partial charge in [-0.3, -0.25) is 0 Å². The van der Waals surface area contributed by atoms with E-state index in [1.54, 1.807) is 0 Å². The molecule has 3 N–H and O–H groups in total. The van der Waals surface area contributed by atoms with Crippen molar-refractivity contribution in [3.05, 3.63) is 0 Å². The first-order chi connectivity index (χ1) is 8.63. The SMILES string of the molecule is CC1CCC(CO)(NC(=O)NC2CCCC2)CC1. The molecule has 2 rings (SSSR count). The first-order valence-electron chi connectivity index (χ1n) is 7.33. The molecule has 0 spiro atoms. The highest BCUT2D eigenvalue weighted by molar-refractivity contribution is 5.75. The van der Waals surface area contributed by atoms with Crippen LogP contribution < -0.4 is 10.6 Å². The van der Waals surface area contributed by atoms with Crippen LogP contribution in [-0.4, -0.2) is 29.3 Å². The summed E-state index contributed by atoms with van der Waals surface area (Å²) in [7, 11) is 0. The Kier molecular flexibility index (Phi) is 4.49. The Balaban J connectivity index is 1.83. The molecule has 2 aliphatic carbocycles. The number of rotatable bonds is 3. The number of aliphatic hydroxyl groups excluding tert-OH is 1. The molecule has 0 atom stereocenters. The van der Waals surface area contributed by atoms with Gasteiger partial charge in [0.25, 0.3) is 0 Å². The highest BCUT2D eigenvalue weighted by Crippen LogP contribution is 2.31. The topological polar surface area (TPSA) is 61.4 Å². The maximum atomic E-state index is 12.0. The summed E-state index contributed by atoms with van der Waals surface area (Å²) in [5.41, 5.74) is -0.380. The average molecular weight is 254 g/mol. The lowest BCUT2D eigenvalue weighted by molar-refractivity contribution is 0.110. The van der Waals surface area contributed by atoms with E-state index in [9.17, 15) is 9.90 Å². The second-order valence-electron chi connectivity index (χ2n) is 6.20. The van der Waals surface area contributed by atoms with E-state index in [0.29, 0.717) is 12.0 Å². The van der Waals surface area contributed by atoms with Crippen LogP contribution in [0.2, 0.25) is 0 Å². The van der Waals surface area contributed by atoms with Gasteiger partial charge in [0.2, 0.25) is 0 Å². The normalized spacial score (nSPS) is 33.3. The second-order valence-corrected chi connectivity index (χ2v) is 6.20. The van der Waals surface area contributed by atoms with E-state index >= 15 is 0 Å². The number of amides is 2. The molecule has 2 aliphatic rings. The minimum Gasteiger partial charge on any atom is -0.394 e. The van der Waals surface area contributed by atoms with Crippen LogP contribution in [0.1, 0.15) is 58.3 Å². The van der Waals surface area contributed by atoms with Crippen LogP contribution in [0, 0.1) is 5.92 Å². The molecular formula is C14H26N2O2. The zero-order valence-electron chi connectivity index (χ0n) is 11.4. The monoisotopic (exact) mass is 254 g/mol. The Morgan fingerprint density at radius 1 is 1.22 bits per heavy atom. The molecule has 0 aromatic rings. The van der Waals surface area contributed by atoms with Crippen LogP contribution in [0.3, 0.4) is 0 Å². The summed E-state index contributed by atoms with van der Waals surface area (Å²) in [6, 6.07) is 0.244. The standard InChI is InChI=1S/C14H26N2O2/c1-11-6-8-14(10-17,9-7-11)16-13(18)15-12-4-2-3-5-12/h11-12,17H,2-10H2,1H3,(H2,15,16,18). The van der Waals surface area contributed by atoms with Gasteiger partial charge in [-0.2, -0.15) is 0 Å². The first-order valence-corrected chi connectivity index (χ1v) is 7.33. The van der Waals surface area contributed by atoms with E-state index in [2.05, 4.69) is 17.6 Å². The van der Waals surface area contributed by atoms with Crippen molar-refractivity contribution in [1.29, 1.82) is 0 Å². The Morgan fingerprint density at radius 3 is 2.39 bits per heavy atom. The number of nitrogens with one attached hydrogen (secondary N) is 2. The third kappa shape index (κ3) is 3.37. The van der Waals surface area contributed by atoms with Crippen molar-refractivity contribution in [3.8, 4) is 0 Å². The van der Waals surface area contributed by atoms with E-state index in [0.717, 1.165) is 38.5 Å². The zero-order valence-corrected chi connectivity index (χ0v) is 11.4. The zero-order chi connectivity index (χ0) is 13.0. The fraction of sp³-hybridized carbons (Fsp3) is 0.929. The van der Waals surface area contributed by atoms with Crippen LogP contribution in [0.25, 0.3) is 0 Å². The summed E-state index contributed by atoms with van der Waals surface area (Å²) in [6.45, 7) is 2.29. The van der Waals surface area contributed by atoms with Gasteiger partial charge in [0.05, 0.1) is 12.1 Å². The molecule has 0 aromatic heterocycles. The van der Waals surface area contributed by atoms with E-state index in [1.165, 1.54) is 12.8 Å². The van der Waals surface area contributed by atoms with Crippen LogP contribution in [0.4, 0.5) is 4.79 Å². The molecule has 4 nitrogen and oxygen atoms in total. The van der Waals surface area contributed by atoms with Crippen molar-refractivity contribution in [2.75, 3.05) is 6.61 Å². The van der Waals surface area contributed by atoms with Crippen molar-refractivity contribution in [1.82, 2.24) is 10.6 Å². The third-order valence-corrected chi connectivity index (χ3v) is 4.60. The molecule has 0 bridgehead atoms. The van der Waals surface area contributed by atoms with Gasteiger partial charge in [-0.1, -0.05) is 19.8 Å². The molecule has 0 unspecified atom stereocenters. The number of hydrogen-bond acceptors (Lipinski definition) is 2. The number of urea groups is 1. The summed E-state index contributed by atoms with van der Waals surface area (Å²) in [6.07, 6.45) is 8.58. The van der Waals surface area contributed by atoms with E-state index in [1.807, 2.05) is 0 Å². The maximum absolute atomic E-state index is 12.0. The van der Waals surface area contributed by atoms with Crippen molar-refractivity contribution in [2.45, 2.75) is 69.9 Å². The van der Waals surface area contributed by atoms with Crippen molar-refractivity contribution >= 4 is 6.03 Å². The summed E-state index contributed by atoms with van der Waals surface area (Å²) < 4.78 is 0. The van der Waals surface area contributed by atoms with Gasteiger partial charge in [0.1, 0.15) is 0 Å². The highest BCUT2D eigenvalue weighted by Gasteiger charge is 2.35. The van der Waals surface area contributed by atoms with E-state index in [-0.39, 0.29) is 18.2 Å². The molecule has 104 valence electrons. The Labute approximate surface area is 110 Å². The Morgan fingerprint density at radius 2 is 1.83 bits per heavy atom. The number of aliphatic hydroxyl groups is 1. The fourth-order valence-corrected chi connectivity index (χ4v) is 3.17. The third-order valence-electron chi connectivity index (χ3n) is 4.60. The van der Waals surface area contributed by atoms with E-state index < -0.39 is 0 Å². The molecular weight excluding hydrogens is 228 g/mol. The lowest BCUT2D eigenvalue weighted by Crippen LogP contribution is -2.57. The summed E-state index contributed by atoms with van der Waals surface area (Å²) in [4.78, 5) is 12.0. The molecule has 0 saturated heterocycles. The lowest BCUT2D eigenvalue weighted by Gasteiger charge is -2.38. The molecule has 2 amide bonds. The highest BCUT2D eigenvalue weighted by atomic mass is 16.3. The predicted octanol–water partition coefficient (Wildman–Crippen LogP) is 2.17. The molecule has 4 heteroatoms. The van der Waals surface area contributed by atoms with Crippen LogP contribution in [0.5, 0.6) is 0 Å². The predicted molar refractivity (Wildman–Crippen MR) is 71.4 cm³/mol. The molecule has 18 heavy (non-hydrogen) atoms. The maximum Gasteiger partial charge on any atom is 0.315 e. The summed E-state index contributed by atoms with van der Waals surface area (Å²) in [5.74, 6) is 0.712. The Bertz CT molecular complexity index is 280. The minimum absolute atomic E-state index is 0.0534. The van der Waals surface area contributed by atoms with Crippen molar-refractivity contribution in [2.24, 2.45) is 5.92 Å².